The van der Waals surface area contributed by atoms with Crippen molar-refractivity contribution in [1.82, 2.24) is 20.2 Å². The third-order valence-corrected chi connectivity index (χ3v) is 2.84. The number of hydrogen-bond donors (Lipinski definition) is 1. The monoisotopic (exact) mass is 246 g/mol. The van der Waals surface area contributed by atoms with Crippen LogP contribution in [0.5, 0.6) is 0 Å². The lowest BCUT2D eigenvalue weighted by atomic mass is 10.1. The highest BCUT2D eigenvalue weighted by molar-refractivity contribution is 5.14. The lowest BCUT2D eigenvalue weighted by molar-refractivity contribution is 0.275. The van der Waals surface area contributed by atoms with Crippen molar-refractivity contribution in [3.8, 4) is 0 Å². The Hall–Kier alpha value is -1.75. The van der Waals surface area contributed by atoms with Crippen molar-refractivity contribution >= 4 is 0 Å². The molecule has 5 nitrogen and oxygen atoms in total. The Labute approximate surface area is 106 Å². The number of rotatable bonds is 7. The molecule has 1 heterocycles. The van der Waals surface area contributed by atoms with Crippen LogP contribution in [-0.2, 0) is 19.4 Å². The first-order chi connectivity index (χ1) is 8.90. The van der Waals surface area contributed by atoms with E-state index in [0.29, 0.717) is 13.0 Å². The van der Waals surface area contributed by atoms with E-state index in [1.54, 1.807) is 4.68 Å². The van der Waals surface area contributed by atoms with Crippen LogP contribution in [0.1, 0.15) is 24.2 Å². The van der Waals surface area contributed by atoms with Crippen molar-refractivity contribution in [3.05, 3.63) is 41.7 Å². The minimum atomic E-state index is 0.170. The Morgan fingerprint density at radius 1 is 1.06 bits per heavy atom. The topological polar surface area (TPSA) is 63.8 Å². The molecule has 18 heavy (non-hydrogen) atoms. The van der Waals surface area contributed by atoms with Crippen LogP contribution in [0, 0.1) is 0 Å². The zero-order valence-electron chi connectivity index (χ0n) is 10.4. The van der Waals surface area contributed by atoms with Crippen LogP contribution in [-0.4, -0.2) is 31.9 Å². The first-order valence-corrected chi connectivity index (χ1v) is 6.30. The van der Waals surface area contributed by atoms with Crippen LogP contribution in [0.4, 0.5) is 0 Å². The summed E-state index contributed by atoms with van der Waals surface area (Å²) in [6.45, 7) is 0.855. The van der Waals surface area contributed by atoms with Crippen LogP contribution in [0.15, 0.2) is 30.3 Å². The molecule has 2 aromatic rings. The summed E-state index contributed by atoms with van der Waals surface area (Å²) in [6, 6.07) is 10.4. The van der Waals surface area contributed by atoms with Gasteiger partial charge >= 0.3 is 0 Å². The van der Waals surface area contributed by atoms with Crippen molar-refractivity contribution < 1.29 is 5.11 Å². The molecule has 0 amide bonds. The zero-order chi connectivity index (χ0) is 12.6. The standard InChI is InChI=1S/C13H18N4O/c18-11-5-10-17-13(14-15-16-17)9-4-8-12-6-2-1-3-7-12/h1-3,6-7,18H,4-5,8-11H2. The van der Waals surface area contributed by atoms with E-state index in [1.807, 2.05) is 6.07 Å². The fourth-order valence-electron chi connectivity index (χ4n) is 1.89. The molecule has 0 aliphatic carbocycles. The molecule has 2 rings (SSSR count). The van der Waals surface area contributed by atoms with Gasteiger partial charge in [0.05, 0.1) is 0 Å². The highest BCUT2D eigenvalue weighted by Crippen LogP contribution is 2.06. The molecule has 0 aliphatic heterocycles. The molecule has 1 N–H and O–H groups in total. The maximum atomic E-state index is 8.80. The number of aromatic nitrogens is 4. The quantitative estimate of drug-likeness (QED) is 0.798. The van der Waals surface area contributed by atoms with Gasteiger partial charge in [-0.25, -0.2) is 4.68 Å². The van der Waals surface area contributed by atoms with Gasteiger partial charge in [0, 0.05) is 19.6 Å². The van der Waals surface area contributed by atoms with Crippen molar-refractivity contribution in [2.24, 2.45) is 0 Å². The van der Waals surface area contributed by atoms with E-state index in [9.17, 15) is 0 Å². The molecule has 0 atom stereocenters. The van der Waals surface area contributed by atoms with Crippen LogP contribution < -0.4 is 0 Å². The maximum Gasteiger partial charge on any atom is 0.151 e. The third kappa shape index (κ3) is 3.63. The smallest absolute Gasteiger partial charge is 0.151 e. The fraction of sp³-hybridized carbons (Fsp3) is 0.462. The second kappa shape index (κ2) is 6.86. The molecule has 96 valence electrons. The van der Waals surface area contributed by atoms with Crippen LogP contribution in [0.2, 0.25) is 0 Å². The van der Waals surface area contributed by atoms with E-state index < -0.39 is 0 Å². The normalized spacial score (nSPS) is 10.7. The van der Waals surface area contributed by atoms with Crippen molar-refractivity contribution in [2.75, 3.05) is 6.61 Å². The Bertz CT molecular complexity index is 455. The van der Waals surface area contributed by atoms with Gasteiger partial charge in [-0.2, -0.15) is 0 Å². The van der Waals surface area contributed by atoms with Crippen LogP contribution >= 0.6 is 0 Å². The summed E-state index contributed by atoms with van der Waals surface area (Å²) in [6.07, 6.45) is 3.63. The lowest BCUT2D eigenvalue weighted by Gasteiger charge is -2.03. The molecule has 0 radical (unpaired) electrons. The predicted octanol–water partition coefficient (Wildman–Crippen LogP) is 1.23. The third-order valence-electron chi connectivity index (χ3n) is 2.84. The number of nitrogens with zero attached hydrogens (tertiary/aromatic N) is 4. The number of hydrogen-bond acceptors (Lipinski definition) is 4. The van der Waals surface area contributed by atoms with Gasteiger partial charge in [-0.3, -0.25) is 0 Å². The average Bonchev–Trinajstić information content (AvgIpc) is 2.85. The second-order valence-corrected chi connectivity index (χ2v) is 4.23. The van der Waals surface area contributed by atoms with E-state index in [0.717, 1.165) is 25.1 Å². The molecule has 0 spiro atoms. The molecule has 0 unspecified atom stereocenters. The van der Waals surface area contributed by atoms with Gasteiger partial charge in [-0.05, 0) is 35.3 Å². The van der Waals surface area contributed by atoms with Gasteiger partial charge in [0.1, 0.15) is 0 Å². The lowest BCUT2D eigenvalue weighted by Crippen LogP contribution is -2.07. The van der Waals surface area contributed by atoms with E-state index in [1.165, 1.54) is 5.56 Å². The summed E-state index contributed by atoms with van der Waals surface area (Å²) < 4.78 is 1.78. The van der Waals surface area contributed by atoms with Crippen molar-refractivity contribution in [1.29, 1.82) is 0 Å². The summed E-state index contributed by atoms with van der Waals surface area (Å²) in [7, 11) is 0. The van der Waals surface area contributed by atoms with Crippen LogP contribution in [0.3, 0.4) is 0 Å². The molecule has 1 aromatic heterocycles. The van der Waals surface area contributed by atoms with E-state index >= 15 is 0 Å². The predicted molar refractivity (Wildman–Crippen MR) is 68.0 cm³/mol. The SMILES string of the molecule is OCCCn1nnnc1CCCc1ccccc1. The van der Waals surface area contributed by atoms with E-state index in [4.69, 9.17) is 5.11 Å². The van der Waals surface area contributed by atoms with Crippen LogP contribution in [0.25, 0.3) is 0 Å². The molecular formula is C13H18N4O. The van der Waals surface area contributed by atoms with Gasteiger partial charge in [0.2, 0.25) is 0 Å². The number of aliphatic hydroxyl groups excluding tert-OH is 1. The summed E-state index contributed by atoms with van der Waals surface area (Å²) in [5.74, 6) is 0.902. The highest BCUT2D eigenvalue weighted by atomic mass is 16.3. The molecule has 0 aliphatic rings. The molecule has 1 aromatic carbocycles. The van der Waals surface area contributed by atoms with Crippen molar-refractivity contribution in [3.63, 3.8) is 0 Å². The Kier molecular flexibility index (Phi) is 4.84. The summed E-state index contributed by atoms with van der Waals surface area (Å²) in [4.78, 5) is 0. The zero-order valence-corrected chi connectivity index (χ0v) is 10.4. The van der Waals surface area contributed by atoms with Gasteiger partial charge in [0.15, 0.2) is 5.82 Å². The van der Waals surface area contributed by atoms with Crippen molar-refractivity contribution in [2.45, 2.75) is 32.2 Å². The minimum absolute atomic E-state index is 0.170. The molecule has 0 fully saturated rings. The molecule has 0 saturated carbocycles. The largest absolute Gasteiger partial charge is 0.396 e. The molecular weight excluding hydrogens is 228 g/mol. The molecule has 0 saturated heterocycles. The second-order valence-electron chi connectivity index (χ2n) is 4.23. The van der Waals surface area contributed by atoms with Gasteiger partial charge in [-0.15, -0.1) is 5.10 Å². The summed E-state index contributed by atoms with van der Waals surface area (Å²) in [5.41, 5.74) is 1.34. The Morgan fingerprint density at radius 2 is 1.89 bits per heavy atom. The van der Waals surface area contributed by atoms with Gasteiger partial charge in [0.25, 0.3) is 0 Å². The summed E-state index contributed by atoms with van der Waals surface area (Å²) in [5, 5.41) is 20.4. The number of aliphatic hydroxyl groups is 1. The maximum absolute atomic E-state index is 8.80. The van der Waals surface area contributed by atoms with Gasteiger partial charge < -0.3 is 5.11 Å². The molecule has 0 bridgehead atoms. The number of benzene rings is 1. The average molecular weight is 246 g/mol. The van der Waals surface area contributed by atoms with E-state index in [2.05, 4.69) is 39.8 Å². The summed E-state index contributed by atoms with van der Waals surface area (Å²) >= 11 is 0. The number of aryl methyl sites for hydroxylation is 3. The van der Waals surface area contributed by atoms with Gasteiger partial charge in [-0.1, -0.05) is 30.3 Å². The van der Waals surface area contributed by atoms with E-state index in [-0.39, 0.29) is 6.61 Å². The minimum Gasteiger partial charge on any atom is -0.396 e. The Morgan fingerprint density at radius 3 is 2.67 bits per heavy atom. The Balaban J connectivity index is 1.81. The fourth-order valence-corrected chi connectivity index (χ4v) is 1.89. The number of tetrazole rings is 1. The first kappa shape index (κ1) is 12.7. The first-order valence-electron chi connectivity index (χ1n) is 6.30. The highest BCUT2D eigenvalue weighted by Gasteiger charge is 2.05. The molecule has 5 heteroatoms.